The van der Waals surface area contributed by atoms with Gasteiger partial charge < -0.3 is 15.7 Å². The van der Waals surface area contributed by atoms with Crippen molar-refractivity contribution >= 4 is 29.5 Å². The molecule has 0 saturated heterocycles. The van der Waals surface area contributed by atoms with Crippen molar-refractivity contribution in [3.63, 3.8) is 0 Å². The zero-order valence-corrected chi connectivity index (χ0v) is 14.6. The summed E-state index contributed by atoms with van der Waals surface area (Å²) >= 11 is 0. The number of non-ortho nitro benzene ring substituents is 1. The van der Waals surface area contributed by atoms with E-state index in [2.05, 4.69) is 10.6 Å². The van der Waals surface area contributed by atoms with Crippen LogP contribution in [0.1, 0.15) is 22.3 Å². The number of hydrogen-bond donors (Lipinski definition) is 3. The summed E-state index contributed by atoms with van der Waals surface area (Å²) in [7, 11) is 0. The van der Waals surface area contributed by atoms with E-state index in [9.17, 15) is 24.5 Å². The fraction of sp³-hybridized carbons (Fsp3) is 0.105. The largest absolute Gasteiger partial charge is 0.481 e. The number of amides is 2. The van der Waals surface area contributed by atoms with Crippen LogP contribution in [0, 0.1) is 10.1 Å². The Hall–Kier alpha value is -4.01. The minimum Gasteiger partial charge on any atom is -0.481 e. The first-order valence-corrected chi connectivity index (χ1v) is 8.19. The molecule has 0 unspecified atom stereocenters. The molecule has 0 radical (unpaired) electrons. The highest BCUT2D eigenvalue weighted by Crippen LogP contribution is 2.14. The van der Waals surface area contributed by atoms with Gasteiger partial charge in [0, 0.05) is 24.2 Å². The topological polar surface area (TPSA) is 139 Å². The Kier molecular flexibility index (Phi) is 6.98. The fourth-order valence-electron chi connectivity index (χ4n) is 2.18. The van der Waals surface area contributed by atoms with Crippen molar-refractivity contribution in [1.82, 2.24) is 10.6 Å². The van der Waals surface area contributed by atoms with Crippen molar-refractivity contribution in [2.24, 2.45) is 0 Å². The highest BCUT2D eigenvalue weighted by Gasteiger charge is 2.15. The molecule has 3 N–H and O–H groups in total. The summed E-state index contributed by atoms with van der Waals surface area (Å²) in [6.07, 6.45) is 1.07. The number of nitrogens with one attached hydrogen (secondary N) is 2. The van der Waals surface area contributed by atoms with Gasteiger partial charge in [-0.05, 0) is 35.9 Å². The number of nitro benzene ring substituents is 1. The number of carbonyl (C=O) groups excluding carboxylic acids is 2. The molecule has 0 aliphatic carbocycles. The maximum absolute atomic E-state index is 12.4. The van der Waals surface area contributed by atoms with Gasteiger partial charge in [-0.1, -0.05) is 18.2 Å². The molecule has 0 fully saturated rings. The third-order valence-electron chi connectivity index (χ3n) is 3.57. The predicted octanol–water partition coefficient (Wildman–Crippen LogP) is 1.96. The highest BCUT2D eigenvalue weighted by atomic mass is 16.6. The highest BCUT2D eigenvalue weighted by molar-refractivity contribution is 6.05. The lowest BCUT2D eigenvalue weighted by atomic mass is 10.1. The van der Waals surface area contributed by atoms with Gasteiger partial charge in [0.2, 0.25) is 0 Å². The van der Waals surface area contributed by atoms with Crippen LogP contribution in [0.5, 0.6) is 0 Å². The van der Waals surface area contributed by atoms with E-state index < -0.39 is 22.7 Å². The molecule has 2 rings (SSSR count). The lowest BCUT2D eigenvalue weighted by Gasteiger charge is -2.11. The smallest absolute Gasteiger partial charge is 0.305 e. The molecular formula is C19H17N3O6. The van der Waals surface area contributed by atoms with E-state index >= 15 is 0 Å². The molecule has 9 nitrogen and oxygen atoms in total. The van der Waals surface area contributed by atoms with Crippen LogP contribution in [0.2, 0.25) is 0 Å². The molecule has 0 bridgehead atoms. The lowest BCUT2D eigenvalue weighted by molar-refractivity contribution is -0.384. The number of carboxylic acids is 1. The van der Waals surface area contributed by atoms with Crippen LogP contribution < -0.4 is 10.6 Å². The molecule has 0 aliphatic heterocycles. The molecule has 144 valence electrons. The Balaban J connectivity index is 2.23. The van der Waals surface area contributed by atoms with Crippen molar-refractivity contribution in [2.45, 2.75) is 6.42 Å². The molecule has 0 spiro atoms. The standard InChI is InChI=1S/C19H17N3O6/c23-17(24)10-11-20-19(26)16(21-18(25)14-4-2-1-3-5-14)12-13-6-8-15(9-7-13)22(27)28/h1-9,12H,10-11H2,(H,20,26)(H,21,25)(H,23,24)/b16-12+. The Morgan fingerprint density at radius 1 is 1.04 bits per heavy atom. The van der Waals surface area contributed by atoms with Crippen LogP contribution >= 0.6 is 0 Å². The average Bonchev–Trinajstić information content (AvgIpc) is 2.68. The van der Waals surface area contributed by atoms with Gasteiger partial charge in [-0.15, -0.1) is 0 Å². The second kappa shape index (κ2) is 9.62. The van der Waals surface area contributed by atoms with Crippen LogP contribution in [0.3, 0.4) is 0 Å². The Labute approximate surface area is 159 Å². The quantitative estimate of drug-likeness (QED) is 0.362. The van der Waals surface area contributed by atoms with Gasteiger partial charge in [-0.3, -0.25) is 24.5 Å². The van der Waals surface area contributed by atoms with Crippen molar-refractivity contribution in [2.75, 3.05) is 6.54 Å². The van der Waals surface area contributed by atoms with E-state index in [4.69, 9.17) is 5.11 Å². The Bertz CT molecular complexity index is 907. The number of rotatable bonds is 8. The molecule has 0 saturated carbocycles. The van der Waals surface area contributed by atoms with Crippen LogP contribution in [0.25, 0.3) is 6.08 Å². The second-order valence-electron chi connectivity index (χ2n) is 5.63. The number of carbonyl (C=O) groups is 3. The van der Waals surface area contributed by atoms with Gasteiger partial charge in [-0.25, -0.2) is 0 Å². The van der Waals surface area contributed by atoms with Crippen molar-refractivity contribution < 1.29 is 24.4 Å². The number of carboxylic acid groups (broad SMARTS) is 1. The summed E-state index contributed by atoms with van der Waals surface area (Å²) in [6, 6.07) is 13.6. The molecular weight excluding hydrogens is 366 g/mol. The molecule has 9 heteroatoms. The van der Waals surface area contributed by atoms with E-state index in [1.54, 1.807) is 30.3 Å². The zero-order chi connectivity index (χ0) is 20.5. The van der Waals surface area contributed by atoms with Gasteiger partial charge in [0.15, 0.2) is 0 Å². The Morgan fingerprint density at radius 3 is 2.25 bits per heavy atom. The second-order valence-corrected chi connectivity index (χ2v) is 5.63. The van der Waals surface area contributed by atoms with E-state index in [1.165, 1.54) is 30.3 Å². The third kappa shape index (κ3) is 6.06. The normalized spacial score (nSPS) is 10.8. The molecule has 28 heavy (non-hydrogen) atoms. The van der Waals surface area contributed by atoms with Crippen molar-refractivity contribution in [3.8, 4) is 0 Å². The number of nitrogens with zero attached hydrogens (tertiary/aromatic N) is 1. The summed E-state index contributed by atoms with van der Waals surface area (Å²) in [5.74, 6) is -2.28. The minimum absolute atomic E-state index is 0.113. The van der Waals surface area contributed by atoms with Crippen LogP contribution in [-0.4, -0.2) is 34.4 Å². The van der Waals surface area contributed by atoms with Gasteiger partial charge in [-0.2, -0.15) is 0 Å². The number of nitro groups is 1. The number of aliphatic carboxylic acids is 1. The maximum Gasteiger partial charge on any atom is 0.305 e. The molecule has 2 aromatic rings. The zero-order valence-electron chi connectivity index (χ0n) is 14.6. The summed E-state index contributed by atoms with van der Waals surface area (Å²) < 4.78 is 0. The van der Waals surface area contributed by atoms with Crippen LogP contribution in [0.15, 0.2) is 60.3 Å². The van der Waals surface area contributed by atoms with Crippen LogP contribution in [0.4, 0.5) is 5.69 Å². The molecule has 0 aromatic heterocycles. The van der Waals surface area contributed by atoms with Gasteiger partial charge in [0.05, 0.1) is 11.3 Å². The first kappa shape index (κ1) is 20.3. The molecule has 0 atom stereocenters. The van der Waals surface area contributed by atoms with Crippen molar-refractivity contribution in [1.29, 1.82) is 0 Å². The predicted molar refractivity (Wildman–Crippen MR) is 100 cm³/mol. The van der Waals surface area contributed by atoms with Crippen molar-refractivity contribution in [3.05, 3.63) is 81.5 Å². The molecule has 0 heterocycles. The molecule has 0 aliphatic rings. The summed E-state index contributed by atoms with van der Waals surface area (Å²) in [6.45, 7) is -0.118. The summed E-state index contributed by atoms with van der Waals surface area (Å²) in [5.41, 5.74) is 0.545. The van der Waals surface area contributed by atoms with Gasteiger partial charge >= 0.3 is 5.97 Å². The van der Waals surface area contributed by atoms with Gasteiger partial charge in [0.1, 0.15) is 5.70 Å². The Morgan fingerprint density at radius 2 is 1.68 bits per heavy atom. The van der Waals surface area contributed by atoms with Gasteiger partial charge in [0.25, 0.3) is 17.5 Å². The fourth-order valence-corrected chi connectivity index (χ4v) is 2.18. The van der Waals surface area contributed by atoms with E-state index in [0.29, 0.717) is 11.1 Å². The molecule has 2 amide bonds. The SMILES string of the molecule is O=C(O)CCNC(=O)/C(=C\c1ccc([N+](=O)[O-])cc1)NC(=O)c1ccccc1. The number of hydrogen-bond acceptors (Lipinski definition) is 5. The van der Waals surface area contributed by atoms with E-state index in [-0.39, 0.29) is 24.4 Å². The first-order valence-electron chi connectivity index (χ1n) is 8.19. The third-order valence-corrected chi connectivity index (χ3v) is 3.57. The summed E-state index contributed by atoms with van der Waals surface area (Å²) in [5, 5.41) is 24.3. The summed E-state index contributed by atoms with van der Waals surface area (Å²) in [4.78, 5) is 45.5. The first-order chi connectivity index (χ1) is 13.4. The number of benzene rings is 2. The van der Waals surface area contributed by atoms with Crippen LogP contribution in [-0.2, 0) is 9.59 Å². The lowest BCUT2D eigenvalue weighted by Crippen LogP contribution is -2.35. The monoisotopic (exact) mass is 383 g/mol. The maximum atomic E-state index is 12.4. The van der Waals surface area contributed by atoms with E-state index in [1.807, 2.05) is 0 Å². The van der Waals surface area contributed by atoms with E-state index in [0.717, 1.165) is 0 Å². The average molecular weight is 383 g/mol. The molecule has 2 aromatic carbocycles. The minimum atomic E-state index is -1.07.